The molecule has 1 aromatic heterocycles. The Balaban J connectivity index is 1.79. The minimum atomic E-state index is 0.399. The van der Waals surface area contributed by atoms with Crippen molar-refractivity contribution in [1.29, 1.82) is 0 Å². The molecule has 0 fully saturated rings. The Morgan fingerprint density at radius 1 is 1.29 bits per heavy atom. The van der Waals surface area contributed by atoms with Crippen molar-refractivity contribution >= 4 is 11.3 Å². The van der Waals surface area contributed by atoms with Crippen LogP contribution in [0.4, 0.5) is 0 Å². The lowest BCUT2D eigenvalue weighted by Gasteiger charge is -2.13. The van der Waals surface area contributed by atoms with Crippen molar-refractivity contribution in [2.45, 2.75) is 26.3 Å². The maximum atomic E-state index is 4.46. The second-order valence-electron chi connectivity index (χ2n) is 4.19. The topological polar surface area (TPSA) is 24.9 Å². The summed E-state index contributed by atoms with van der Waals surface area (Å²) < 4.78 is 0. The summed E-state index contributed by atoms with van der Waals surface area (Å²) in [6.45, 7) is 5.22. The molecule has 0 saturated heterocycles. The third-order valence-corrected chi connectivity index (χ3v) is 3.62. The normalized spacial score (nSPS) is 12.6. The lowest BCUT2D eigenvalue weighted by atomic mass is 10.1. The molecular weight excluding hydrogens is 228 g/mol. The molecule has 1 unspecified atom stereocenters. The van der Waals surface area contributed by atoms with Crippen molar-refractivity contribution in [2.75, 3.05) is 6.54 Å². The van der Waals surface area contributed by atoms with Gasteiger partial charge in [0.25, 0.3) is 0 Å². The molecule has 2 rings (SSSR count). The van der Waals surface area contributed by atoms with E-state index in [0.29, 0.717) is 6.04 Å². The van der Waals surface area contributed by atoms with Gasteiger partial charge in [-0.3, -0.25) is 0 Å². The molecule has 2 aromatic rings. The van der Waals surface area contributed by atoms with Gasteiger partial charge in [0.1, 0.15) is 0 Å². The van der Waals surface area contributed by atoms with Gasteiger partial charge in [0.05, 0.1) is 10.7 Å². The van der Waals surface area contributed by atoms with E-state index in [9.17, 15) is 0 Å². The van der Waals surface area contributed by atoms with Crippen molar-refractivity contribution in [3.8, 4) is 0 Å². The number of aromatic nitrogens is 1. The Hall–Kier alpha value is -1.19. The van der Waals surface area contributed by atoms with E-state index in [1.54, 1.807) is 11.3 Å². The average Bonchev–Trinajstić information content (AvgIpc) is 2.76. The average molecular weight is 246 g/mol. The van der Waals surface area contributed by atoms with Gasteiger partial charge in [0, 0.05) is 24.4 Å². The molecule has 3 heteroatoms. The van der Waals surface area contributed by atoms with Crippen LogP contribution in [0.1, 0.15) is 29.2 Å². The number of benzene rings is 1. The summed E-state index contributed by atoms with van der Waals surface area (Å²) in [5.74, 6) is 0. The zero-order chi connectivity index (χ0) is 12.1. The fourth-order valence-corrected chi connectivity index (χ4v) is 2.45. The Morgan fingerprint density at radius 3 is 2.71 bits per heavy atom. The number of nitrogens with one attached hydrogen (secondary N) is 1. The van der Waals surface area contributed by atoms with Gasteiger partial charge in [0.2, 0.25) is 0 Å². The van der Waals surface area contributed by atoms with Gasteiger partial charge in [-0.1, -0.05) is 30.3 Å². The Kier molecular flexibility index (Phi) is 4.29. The first kappa shape index (κ1) is 12.3. The van der Waals surface area contributed by atoms with Crippen LogP contribution in [0, 0.1) is 6.92 Å². The second kappa shape index (κ2) is 5.94. The first-order valence-electron chi connectivity index (χ1n) is 5.95. The standard InChI is InChI=1S/C14H18N2S/c1-11(13-6-4-3-5-7-13)15-9-8-14-10-17-12(2)16-14/h3-7,10-11,15H,8-9H2,1-2H3. The molecule has 2 nitrogen and oxygen atoms in total. The fourth-order valence-electron chi connectivity index (χ4n) is 1.80. The molecular formula is C14H18N2S. The van der Waals surface area contributed by atoms with Crippen LogP contribution in [0.3, 0.4) is 0 Å². The molecule has 0 aliphatic rings. The van der Waals surface area contributed by atoms with Crippen LogP contribution >= 0.6 is 11.3 Å². The monoisotopic (exact) mass is 246 g/mol. The smallest absolute Gasteiger partial charge is 0.0897 e. The van der Waals surface area contributed by atoms with Crippen LogP contribution in [0.25, 0.3) is 0 Å². The van der Waals surface area contributed by atoms with Gasteiger partial charge in [0.15, 0.2) is 0 Å². The summed E-state index contributed by atoms with van der Waals surface area (Å²) in [6.07, 6.45) is 1.00. The van der Waals surface area contributed by atoms with Gasteiger partial charge in [-0.2, -0.15) is 0 Å². The number of thiazole rings is 1. The molecule has 0 radical (unpaired) electrons. The summed E-state index contributed by atoms with van der Waals surface area (Å²) in [5, 5.41) is 6.81. The lowest BCUT2D eigenvalue weighted by molar-refractivity contribution is 0.574. The van der Waals surface area contributed by atoms with Crippen molar-refractivity contribution in [3.63, 3.8) is 0 Å². The van der Waals surface area contributed by atoms with Crippen LogP contribution in [0.2, 0.25) is 0 Å². The van der Waals surface area contributed by atoms with Crippen LogP contribution < -0.4 is 5.32 Å². The zero-order valence-electron chi connectivity index (χ0n) is 10.3. The third-order valence-electron chi connectivity index (χ3n) is 2.80. The van der Waals surface area contributed by atoms with Crippen LogP contribution in [-0.4, -0.2) is 11.5 Å². The molecule has 0 bridgehead atoms. The van der Waals surface area contributed by atoms with Gasteiger partial charge >= 0.3 is 0 Å². The van der Waals surface area contributed by atoms with Crippen molar-refractivity contribution < 1.29 is 0 Å². The van der Waals surface area contributed by atoms with E-state index in [1.807, 2.05) is 13.0 Å². The van der Waals surface area contributed by atoms with E-state index in [0.717, 1.165) is 18.0 Å². The van der Waals surface area contributed by atoms with Gasteiger partial charge in [-0.25, -0.2) is 4.98 Å². The predicted molar refractivity (Wildman–Crippen MR) is 73.4 cm³/mol. The van der Waals surface area contributed by atoms with E-state index in [2.05, 4.69) is 46.9 Å². The first-order chi connectivity index (χ1) is 8.25. The molecule has 17 heavy (non-hydrogen) atoms. The van der Waals surface area contributed by atoms with E-state index in [-0.39, 0.29) is 0 Å². The van der Waals surface area contributed by atoms with E-state index in [1.165, 1.54) is 11.3 Å². The number of hydrogen-bond acceptors (Lipinski definition) is 3. The van der Waals surface area contributed by atoms with E-state index < -0.39 is 0 Å². The highest BCUT2D eigenvalue weighted by atomic mass is 32.1. The summed E-state index contributed by atoms with van der Waals surface area (Å²) >= 11 is 1.72. The van der Waals surface area contributed by atoms with E-state index in [4.69, 9.17) is 0 Å². The highest BCUT2D eigenvalue weighted by molar-refractivity contribution is 7.09. The largest absolute Gasteiger partial charge is 0.310 e. The van der Waals surface area contributed by atoms with Gasteiger partial charge in [-0.05, 0) is 19.4 Å². The molecule has 0 aliphatic carbocycles. The number of hydrogen-bond donors (Lipinski definition) is 1. The number of nitrogens with zero attached hydrogens (tertiary/aromatic N) is 1. The Bertz CT molecular complexity index is 450. The molecule has 1 heterocycles. The molecule has 0 spiro atoms. The van der Waals surface area contributed by atoms with Crippen molar-refractivity contribution in [2.24, 2.45) is 0 Å². The van der Waals surface area contributed by atoms with Crippen LogP contribution in [0.15, 0.2) is 35.7 Å². The second-order valence-corrected chi connectivity index (χ2v) is 5.26. The number of aryl methyl sites for hydroxylation is 1. The fraction of sp³-hybridized carbons (Fsp3) is 0.357. The first-order valence-corrected chi connectivity index (χ1v) is 6.83. The molecule has 1 N–H and O–H groups in total. The maximum absolute atomic E-state index is 4.46. The Morgan fingerprint density at radius 2 is 2.06 bits per heavy atom. The van der Waals surface area contributed by atoms with E-state index >= 15 is 0 Å². The maximum Gasteiger partial charge on any atom is 0.0897 e. The quantitative estimate of drug-likeness (QED) is 0.875. The molecule has 0 saturated carbocycles. The highest BCUT2D eigenvalue weighted by Crippen LogP contribution is 2.12. The molecule has 0 aliphatic heterocycles. The molecule has 1 atom stereocenters. The third kappa shape index (κ3) is 3.65. The van der Waals surface area contributed by atoms with Crippen molar-refractivity contribution in [1.82, 2.24) is 10.3 Å². The summed E-state index contributed by atoms with van der Waals surface area (Å²) in [6, 6.07) is 10.9. The summed E-state index contributed by atoms with van der Waals surface area (Å²) in [7, 11) is 0. The summed E-state index contributed by atoms with van der Waals surface area (Å²) in [4.78, 5) is 4.46. The Labute approximate surface area is 107 Å². The van der Waals surface area contributed by atoms with Crippen LogP contribution in [-0.2, 0) is 6.42 Å². The van der Waals surface area contributed by atoms with Crippen LogP contribution in [0.5, 0.6) is 0 Å². The minimum absolute atomic E-state index is 0.399. The molecule has 90 valence electrons. The lowest BCUT2D eigenvalue weighted by Crippen LogP contribution is -2.21. The minimum Gasteiger partial charge on any atom is -0.310 e. The molecule has 0 amide bonds. The highest BCUT2D eigenvalue weighted by Gasteiger charge is 2.04. The van der Waals surface area contributed by atoms with Crippen molar-refractivity contribution in [3.05, 3.63) is 52.0 Å². The number of rotatable bonds is 5. The summed E-state index contributed by atoms with van der Waals surface area (Å²) in [5.41, 5.74) is 2.53. The SMILES string of the molecule is Cc1nc(CCNC(C)c2ccccc2)cs1. The zero-order valence-corrected chi connectivity index (χ0v) is 11.1. The van der Waals surface area contributed by atoms with Gasteiger partial charge in [-0.15, -0.1) is 11.3 Å². The molecule has 1 aromatic carbocycles. The predicted octanol–water partition coefficient (Wildman–Crippen LogP) is 3.34. The van der Waals surface area contributed by atoms with Gasteiger partial charge < -0.3 is 5.32 Å².